The molecule has 0 radical (unpaired) electrons. The first kappa shape index (κ1) is 28.4. The molecular formula is C35H39N5O4. The molecule has 1 aliphatic carbocycles. The molecule has 2 bridgehead atoms. The van der Waals surface area contributed by atoms with Crippen molar-refractivity contribution in [1.29, 1.82) is 0 Å². The van der Waals surface area contributed by atoms with Gasteiger partial charge in [0.1, 0.15) is 17.5 Å². The van der Waals surface area contributed by atoms with Gasteiger partial charge in [-0.1, -0.05) is 6.07 Å². The van der Waals surface area contributed by atoms with Crippen molar-refractivity contribution in [3.63, 3.8) is 0 Å². The number of aromatic amines is 1. The first-order chi connectivity index (χ1) is 21.2. The molecule has 0 spiro atoms. The maximum absolute atomic E-state index is 13.4. The minimum atomic E-state index is -0.502. The zero-order valence-electron chi connectivity index (χ0n) is 25.5. The molecule has 2 aromatic heterocycles. The van der Waals surface area contributed by atoms with Crippen LogP contribution in [0.15, 0.2) is 66.9 Å². The fourth-order valence-electron chi connectivity index (χ4n) is 6.74. The molecule has 4 aromatic rings. The molecule has 9 heteroatoms. The van der Waals surface area contributed by atoms with E-state index in [9.17, 15) is 9.59 Å². The Morgan fingerprint density at radius 2 is 1.73 bits per heavy atom. The fraction of sp³-hybridized carbons (Fsp3) is 0.429. The van der Waals surface area contributed by atoms with Gasteiger partial charge in [0.15, 0.2) is 0 Å². The minimum Gasteiger partial charge on any atom is -0.490 e. The van der Waals surface area contributed by atoms with Crippen molar-refractivity contribution in [2.24, 2.45) is 5.92 Å². The van der Waals surface area contributed by atoms with Crippen molar-refractivity contribution in [2.45, 2.75) is 89.1 Å². The molecule has 3 aliphatic rings. The number of rotatable bonds is 7. The van der Waals surface area contributed by atoms with Crippen LogP contribution in [0.25, 0.3) is 22.2 Å². The summed E-state index contributed by atoms with van der Waals surface area (Å²) in [5.74, 6) is 1.11. The zero-order chi connectivity index (χ0) is 30.4. The number of hydrogen-bond acceptors (Lipinski definition) is 6. The molecule has 9 nitrogen and oxygen atoms in total. The summed E-state index contributed by atoms with van der Waals surface area (Å²) >= 11 is 0. The molecular weight excluding hydrogens is 554 g/mol. The molecule has 2 amide bonds. The topological polar surface area (TPSA) is 109 Å². The SMILES string of the molecule is CC(C)(C)OC(=O)N1[C@@H]2CC[C@H]1C[C@@H](Oc1ccc(-c3n[nH]c4ccc(C(=O)N[C@H](c5ccccn5)C5CC5)cc34)cc1)C2. The third-order valence-electron chi connectivity index (χ3n) is 8.94. The van der Waals surface area contributed by atoms with Gasteiger partial charge in [-0.2, -0.15) is 5.10 Å². The van der Waals surface area contributed by atoms with E-state index in [0.29, 0.717) is 11.5 Å². The predicted molar refractivity (Wildman–Crippen MR) is 167 cm³/mol. The third-order valence-corrected chi connectivity index (χ3v) is 8.94. The highest BCUT2D eigenvalue weighted by molar-refractivity contribution is 6.01. The molecule has 3 fully saturated rings. The average Bonchev–Trinajstić information content (AvgIpc) is 3.69. The average molecular weight is 594 g/mol. The van der Waals surface area contributed by atoms with Gasteiger partial charge < -0.3 is 19.7 Å². The fourth-order valence-corrected chi connectivity index (χ4v) is 6.74. The second-order valence-electron chi connectivity index (χ2n) is 13.4. The van der Waals surface area contributed by atoms with E-state index in [1.54, 1.807) is 6.20 Å². The van der Waals surface area contributed by atoms with Crippen LogP contribution >= 0.6 is 0 Å². The van der Waals surface area contributed by atoms with Gasteiger partial charge in [0.05, 0.1) is 22.9 Å². The summed E-state index contributed by atoms with van der Waals surface area (Å²) in [4.78, 5) is 32.6. The number of nitrogens with one attached hydrogen (secondary N) is 2. The Morgan fingerprint density at radius 1 is 0.977 bits per heavy atom. The van der Waals surface area contributed by atoms with E-state index in [0.717, 1.165) is 72.1 Å². The summed E-state index contributed by atoms with van der Waals surface area (Å²) in [5.41, 5.74) is 3.58. The van der Waals surface area contributed by atoms with Gasteiger partial charge in [0, 0.05) is 47.6 Å². The van der Waals surface area contributed by atoms with Crippen LogP contribution in [0.5, 0.6) is 5.75 Å². The second kappa shape index (κ2) is 11.3. The normalized spacial score (nSPS) is 22.1. The summed E-state index contributed by atoms with van der Waals surface area (Å²) in [6, 6.07) is 19.7. The van der Waals surface area contributed by atoms with E-state index >= 15 is 0 Å². The standard InChI is InChI=1S/C35H39N5O4/c1-35(2,3)44-34(42)40-24-12-13-25(40)20-27(19-24)43-26-14-9-21(10-15-26)31-28-18-23(11-16-29(28)38-39-31)33(41)37-32(22-7-8-22)30-6-4-5-17-36-30/h4-6,9-11,14-18,22,24-25,27,32H,7-8,12-13,19-20H2,1-3H3,(H,37,41)(H,38,39)/t24-,25+,27+,32-/m0/s1. The van der Waals surface area contributed by atoms with Gasteiger partial charge in [-0.3, -0.25) is 14.9 Å². The summed E-state index contributed by atoms with van der Waals surface area (Å²) in [5, 5.41) is 11.8. The Hall–Kier alpha value is -4.40. The number of amides is 2. The molecule has 228 valence electrons. The maximum atomic E-state index is 13.4. The molecule has 2 N–H and O–H groups in total. The van der Waals surface area contributed by atoms with E-state index in [1.165, 1.54) is 0 Å². The molecule has 2 saturated heterocycles. The summed E-state index contributed by atoms with van der Waals surface area (Å²) in [6.45, 7) is 5.72. The largest absolute Gasteiger partial charge is 0.490 e. The summed E-state index contributed by atoms with van der Waals surface area (Å²) in [6.07, 6.45) is 7.37. The van der Waals surface area contributed by atoms with Crippen molar-refractivity contribution in [1.82, 2.24) is 25.4 Å². The number of carbonyl (C=O) groups is 2. The Labute approximate surface area is 257 Å². The monoisotopic (exact) mass is 593 g/mol. The lowest BCUT2D eigenvalue weighted by Crippen LogP contribution is -2.50. The lowest BCUT2D eigenvalue weighted by Gasteiger charge is -2.39. The smallest absolute Gasteiger partial charge is 0.410 e. The molecule has 1 saturated carbocycles. The van der Waals surface area contributed by atoms with Crippen LogP contribution in [-0.4, -0.2) is 55.9 Å². The zero-order valence-corrected chi connectivity index (χ0v) is 25.5. The maximum Gasteiger partial charge on any atom is 0.410 e. The number of carbonyl (C=O) groups excluding carboxylic acids is 2. The molecule has 4 heterocycles. The van der Waals surface area contributed by atoms with Gasteiger partial charge in [-0.05, 0) is 107 Å². The van der Waals surface area contributed by atoms with E-state index in [2.05, 4.69) is 20.5 Å². The van der Waals surface area contributed by atoms with Gasteiger partial charge >= 0.3 is 6.09 Å². The number of pyridine rings is 1. The number of H-pyrrole nitrogens is 1. The second-order valence-corrected chi connectivity index (χ2v) is 13.4. The van der Waals surface area contributed by atoms with E-state index < -0.39 is 5.60 Å². The van der Waals surface area contributed by atoms with Crippen LogP contribution in [0.1, 0.15) is 81.4 Å². The van der Waals surface area contributed by atoms with Gasteiger partial charge in [0.2, 0.25) is 0 Å². The number of fused-ring (bicyclic) bond motifs is 3. The molecule has 2 aliphatic heterocycles. The number of aromatic nitrogens is 3. The first-order valence-electron chi connectivity index (χ1n) is 15.7. The third kappa shape index (κ3) is 5.87. The van der Waals surface area contributed by atoms with Crippen LogP contribution in [0, 0.1) is 5.92 Å². The lowest BCUT2D eigenvalue weighted by atomic mass is 10.00. The van der Waals surface area contributed by atoms with Crippen LogP contribution < -0.4 is 10.1 Å². The number of nitrogens with zero attached hydrogens (tertiary/aromatic N) is 3. The van der Waals surface area contributed by atoms with Crippen molar-refractivity contribution in [3.05, 3.63) is 78.1 Å². The Kier molecular flexibility index (Phi) is 7.26. The molecule has 2 aromatic carbocycles. The number of ether oxygens (including phenoxy) is 2. The number of hydrogen-bond donors (Lipinski definition) is 2. The van der Waals surface area contributed by atoms with Crippen LogP contribution in [0.3, 0.4) is 0 Å². The number of benzene rings is 2. The predicted octanol–water partition coefficient (Wildman–Crippen LogP) is 6.82. The minimum absolute atomic E-state index is 0.0508. The van der Waals surface area contributed by atoms with Crippen molar-refractivity contribution in [2.75, 3.05) is 0 Å². The van der Waals surface area contributed by atoms with E-state index in [4.69, 9.17) is 9.47 Å². The van der Waals surface area contributed by atoms with Gasteiger partial charge in [-0.25, -0.2) is 4.79 Å². The van der Waals surface area contributed by atoms with Crippen molar-refractivity contribution >= 4 is 22.9 Å². The molecule has 4 atom stereocenters. The Morgan fingerprint density at radius 3 is 2.39 bits per heavy atom. The van der Waals surface area contributed by atoms with Crippen LogP contribution in [0.4, 0.5) is 4.79 Å². The first-order valence-corrected chi connectivity index (χ1v) is 15.7. The lowest BCUT2D eigenvalue weighted by molar-refractivity contribution is -0.00708. The van der Waals surface area contributed by atoms with Gasteiger partial charge in [-0.15, -0.1) is 0 Å². The highest BCUT2D eigenvalue weighted by Crippen LogP contribution is 2.41. The summed E-state index contributed by atoms with van der Waals surface area (Å²) < 4.78 is 12.1. The molecule has 0 unspecified atom stereocenters. The Balaban J connectivity index is 1.03. The highest BCUT2D eigenvalue weighted by atomic mass is 16.6. The van der Waals surface area contributed by atoms with Crippen LogP contribution in [0.2, 0.25) is 0 Å². The molecule has 7 rings (SSSR count). The summed E-state index contributed by atoms with van der Waals surface area (Å²) in [7, 11) is 0. The molecule has 44 heavy (non-hydrogen) atoms. The van der Waals surface area contributed by atoms with Crippen molar-refractivity contribution in [3.8, 4) is 17.0 Å². The number of piperidine rings is 1. The van der Waals surface area contributed by atoms with Gasteiger partial charge in [0.25, 0.3) is 5.91 Å². The van der Waals surface area contributed by atoms with E-state index in [1.807, 2.05) is 86.3 Å². The Bertz CT molecular complexity index is 1640. The quantitative estimate of drug-likeness (QED) is 0.244. The van der Waals surface area contributed by atoms with E-state index in [-0.39, 0.29) is 36.2 Å². The van der Waals surface area contributed by atoms with Crippen molar-refractivity contribution < 1.29 is 19.1 Å². The highest BCUT2D eigenvalue weighted by Gasteiger charge is 2.45. The van der Waals surface area contributed by atoms with Crippen LogP contribution in [-0.2, 0) is 4.74 Å².